The van der Waals surface area contributed by atoms with Crippen molar-refractivity contribution in [1.29, 1.82) is 0 Å². The third-order valence-corrected chi connectivity index (χ3v) is 4.88. The Morgan fingerprint density at radius 3 is 3.00 bits per heavy atom. The molecule has 0 aliphatic carbocycles. The zero-order valence-electron chi connectivity index (χ0n) is 15.3. The second-order valence-electron chi connectivity index (χ2n) is 6.56. The first-order valence-corrected chi connectivity index (χ1v) is 9.38. The molecule has 0 spiro atoms. The number of nitrogens with one attached hydrogen (secondary N) is 3. The maximum absolute atomic E-state index is 12.6. The van der Waals surface area contributed by atoms with E-state index in [0.29, 0.717) is 17.4 Å². The van der Waals surface area contributed by atoms with Crippen molar-refractivity contribution in [1.82, 2.24) is 15.2 Å². The number of aromatic amines is 1. The largest absolute Gasteiger partial charge is 0.385 e. The summed E-state index contributed by atoms with van der Waals surface area (Å²) in [4.78, 5) is 21.7. The molecule has 8 heteroatoms. The molecule has 1 aliphatic rings. The van der Waals surface area contributed by atoms with Gasteiger partial charge in [-0.05, 0) is 37.1 Å². The minimum Gasteiger partial charge on any atom is -0.385 e. The van der Waals surface area contributed by atoms with Crippen LogP contribution in [0, 0.1) is 0 Å². The van der Waals surface area contributed by atoms with Crippen LogP contribution in [0.4, 0.5) is 11.5 Å². The molecule has 3 rings (SSSR count). The third kappa shape index (κ3) is 4.95. The average Bonchev–Trinajstić information content (AvgIpc) is 3.10. The van der Waals surface area contributed by atoms with Gasteiger partial charge in [0.2, 0.25) is 5.91 Å². The Labute approximate surface area is 164 Å². The number of amidine groups is 1. The molecule has 1 fully saturated rings. The Kier molecular flexibility index (Phi) is 6.24. The van der Waals surface area contributed by atoms with E-state index in [4.69, 9.17) is 17.3 Å². The van der Waals surface area contributed by atoms with Crippen LogP contribution in [0.3, 0.4) is 0 Å². The number of carbonyl (C=O) groups is 1. The first kappa shape index (κ1) is 19.1. The zero-order valence-corrected chi connectivity index (χ0v) is 16.1. The quantitative estimate of drug-likeness (QED) is 0.466. The molecule has 1 aliphatic heterocycles. The summed E-state index contributed by atoms with van der Waals surface area (Å²) in [5.74, 6) is 1.39. The lowest BCUT2D eigenvalue weighted by Crippen LogP contribution is -2.51. The molecule has 0 saturated carbocycles. The van der Waals surface area contributed by atoms with Crippen molar-refractivity contribution in [2.75, 3.05) is 37.7 Å². The molecule has 1 amide bonds. The van der Waals surface area contributed by atoms with Gasteiger partial charge in [0.1, 0.15) is 11.7 Å². The van der Waals surface area contributed by atoms with Gasteiger partial charge < -0.3 is 26.3 Å². The van der Waals surface area contributed by atoms with Gasteiger partial charge in [-0.1, -0.05) is 17.7 Å². The Balaban J connectivity index is 1.55. The van der Waals surface area contributed by atoms with Crippen LogP contribution in [0.2, 0.25) is 5.02 Å². The van der Waals surface area contributed by atoms with Crippen molar-refractivity contribution < 1.29 is 4.79 Å². The minimum atomic E-state index is 0.0672. The Morgan fingerprint density at radius 1 is 1.44 bits per heavy atom. The van der Waals surface area contributed by atoms with Crippen molar-refractivity contribution in [3.05, 3.63) is 47.1 Å². The van der Waals surface area contributed by atoms with E-state index in [1.807, 2.05) is 23.1 Å². The summed E-state index contributed by atoms with van der Waals surface area (Å²) in [6, 6.07) is 9.40. The van der Waals surface area contributed by atoms with E-state index < -0.39 is 0 Å². The number of hydrogen-bond acceptors (Lipinski definition) is 4. The number of likely N-dealkylation sites (tertiary alicyclic amines) is 1. The fourth-order valence-corrected chi connectivity index (χ4v) is 3.44. The molecule has 1 atom stereocenters. The van der Waals surface area contributed by atoms with Gasteiger partial charge in [0, 0.05) is 43.1 Å². The molecule has 0 radical (unpaired) electrons. The van der Waals surface area contributed by atoms with Crippen LogP contribution in [-0.4, -0.2) is 54.4 Å². The summed E-state index contributed by atoms with van der Waals surface area (Å²) in [5.41, 5.74) is 7.63. The molecule has 27 heavy (non-hydrogen) atoms. The number of nitrogens with two attached hydrogens (primary N) is 1. The van der Waals surface area contributed by atoms with Crippen molar-refractivity contribution in [2.45, 2.75) is 18.9 Å². The lowest BCUT2D eigenvalue weighted by atomic mass is 10.0. The topological polar surface area (TPSA) is 98.5 Å². The molecule has 2 heterocycles. The molecule has 144 valence electrons. The number of piperidine rings is 1. The van der Waals surface area contributed by atoms with E-state index in [1.165, 1.54) is 0 Å². The number of H-pyrrole nitrogens is 1. The molecular formula is C19H25ClN6O. The smallest absolute Gasteiger partial charge is 0.241 e. The number of hydrogen-bond donors (Lipinski definition) is 4. The van der Waals surface area contributed by atoms with E-state index in [-0.39, 0.29) is 18.5 Å². The van der Waals surface area contributed by atoms with Crippen LogP contribution in [0.5, 0.6) is 0 Å². The van der Waals surface area contributed by atoms with Gasteiger partial charge in [0.05, 0.1) is 12.1 Å². The molecule has 1 saturated heterocycles. The number of nitrogens with zero attached hydrogens (tertiary/aromatic N) is 2. The number of amides is 1. The molecule has 7 nitrogen and oxygen atoms in total. The van der Waals surface area contributed by atoms with E-state index >= 15 is 0 Å². The molecular weight excluding hydrogens is 364 g/mol. The highest BCUT2D eigenvalue weighted by Crippen LogP contribution is 2.16. The molecule has 2 aromatic rings. The van der Waals surface area contributed by atoms with E-state index in [0.717, 1.165) is 36.5 Å². The number of halogens is 1. The summed E-state index contributed by atoms with van der Waals surface area (Å²) in [7, 11) is 1.73. The van der Waals surface area contributed by atoms with Crippen molar-refractivity contribution in [2.24, 2.45) is 4.99 Å². The first-order valence-electron chi connectivity index (χ1n) is 9.00. The third-order valence-electron chi connectivity index (χ3n) is 4.64. The number of anilines is 2. The average molecular weight is 389 g/mol. The minimum absolute atomic E-state index is 0.0672. The summed E-state index contributed by atoms with van der Waals surface area (Å²) in [6.07, 6.45) is 3.71. The van der Waals surface area contributed by atoms with Gasteiger partial charge in [0.15, 0.2) is 0 Å². The van der Waals surface area contributed by atoms with E-state index in [2.05, 4.69) is 20.6 Å². The summed E-state index contributed by atoms with van der Waals surface area (Å²) in [5, 5.41) is 7.22. The fourth-order valence-electron chi connectivity index (χ4n) is 3.25. The number of rotatable bonds is 5. The van der Waals surface area contributed by atoms with Crippen LogP contribution < -0.4 is 16.4 Å². The highest BCUT2D eigenvalue weighted by atomic mass is 35.5. The number of aliphatic imine (C=N–C) groups is 1. The predicted octanol–water partition coefficient (Wildman–Crippen LogP) is 2.32. The van der Waals surface area contributed by atoms with Crippen LogP contribution >= 0.6 is 11.6 Å². The van der Waals surface area contributed by atoms with Gasteiger partial charge in [-0.3, -0.25) is 9.79 Å². The predicted molar refractivity (Wildman–Crippen MR) is 110 cm³/mol. The summed E-state index contributed by atoms with van der Waals surface area (Å²) in [6.45, 7) is 1.64. The Morgan fingerprint density at radius 2 is 2.30 bits per heavy atom. The van der Waals surface area contributed by atoms with Crippen LogP contribution in [0.15, 0.2) is 41.5 Å². The molecule has 0 bridgehead atoms. The monoisotopic (exact) mass is 388 g/mol. The maximum atomic E-state index is 12.6. The van der Waals surface area contributed by atoms with Gasteiger partial charge in [-0.2, -0.15) is 0 Å². The van der Waals surface area contributed by atoms with E-state index in [9.17, 15) is 4.79 Å². The van der Waals surface area contributed by atoms with Crippen molar-refractivity contribution >= 4 is 34.8 Å². The van der Waals surface area contributed by atoms with Crippen LogP contribution in [0.25, 0.3) is 0 Å². The van der Waals surface area contributed by atoms with Crippen molar-refractivity contribution in [3.8, 4) is 0 Å². The highest BCUT2D eigenvalue weighted by molar-refractivity contribution is 6.30. The fraction of sp³-hybridized carbons (Fsp3) is 0.368. The SMILES string of the molecule is CN=C(N[C@H]1CCCN(C(=O)CNc2cccc(Cl)c2)C1)c1cc[nH]c1N. The van der Waals surface area contributed by atoms with Gasteiger partial charge in [-0.15, -0.1) is 0 Å². The first-order chi connectivity index (χ1) is 13.1. The molecule has 1 aromatic heterocycles. The molecule has 1 aromatic carbocycles. The molecule has 5 N–H and O–H groups in total. The van der Waals surface area contributed by atoms with Gasteiger partial charge in [-0.25, -0.2) is 0 Å². The van der Waals surface area contributed by atoms with Crippen LogP contribution in [0.1, 0.15) is 18.4 Å². The number of carbonyl (C=O) groups excluding carboxylic acids is 1. The lowest BCUT2D eigenvalue weighted by molar-refractivity contribution is -0.130. The maximum Gasteiger partial charge on any atom is 0.241 e. The van der Waals surface area contributed by atoms with Crippen molar-refractivity contribution in [3.63, 3.8) is 0 Å². The second kappa shape index (κ2) is 8.81. The van der Waals surface area contributed by atoms with Gasteiger partial charge in [0.25, 0.3) is 0 Å². The Bertz CT molecular complexity index is 818. The van der Waals surface area contributed by atoms with Crippen LogP contribution in [-0.2, 0) is 4.79 Å². The number of benzene rings is 1. The standard InChI is InChI=1S/C19H25ClN6O/c1-22-19(16-7-8-23-18(16)21)25-15-6-3-9-26(12-15)17(27)11-24-14-5-2-4-13(20)10-14/h2,4-5,7-8,10,15,23-24H,3,6,9,11-12,21H2,1H3,(H,22,25)/t15-/m0/s1. The number of aromatic nitrogens is 1. The van der Waals surface area contributed by atoms with Gasteiger partial charge >= 0.3 is 0 Å². The number of nitrogen functional groups attached to an aromatic ring is 1. The second-order valence-corrected chi connectivity index (χ2v) is 7.00. The summed E-state index contributed by atoms with van der Waals surface area (Å²) >= 11 is 5.98. The normalized spacial score (nSPS) is 17.6. The molecule has 0 unspecified atom stereocenters. The highest BCUT2D eigenvalue weighted by Gasteiger charge is 2.24. The zero-order chi connectivity index (χ0) is 19.2. The van der Waals surface area contributed by atoms with E-state index in [1.54, 1.807) is 25.4 Å². The Hall–Kier alpha value is -2.67. The summed E-state index contributed by atoms with van der Waals surface area (Å²) < 4.78 is 0. The lowest BCUT2D eigenvalue weighted by Gasteiger charge is -2.34.